The molecule has 2 aromatic rings. The summed E-state index contributed by atoms with van der Waals surface area (Å²) >= 11 is 0. The van der Waals surface area contributed by atoms with Crippen LogP contribution in [0, 0.1) is 19.8 Å². The van der Waals surface area contributed by atoms with E-state index in [-0.39, 0.29) is 16.9 Å². The number of aryl methyl sites for hydroxylation is 2. The van der Waals surface area contributed by atoms with Gasteiger partial charge in [-0.25, -0.2) is 0 Å². The molecule has 1 spiro atoms. The molecule has 0 saturated heterocycles. The van der Waals surface area contributed by atoms with E-state index in [1.807, 2.05) is 39.8 Å². The number of carboxylic acids is 1. The van der Waals surface area contributed by atoms with E-state index in [9.17, 15) is 20.1 Å². The molecule has 2 unspecified atom stereocenters. The van der Waals surface area contributed by atoms with Gasteiger partial charge in [-0.15, -0.1) is 0 Å². The van der Waals surface area contributed by atoms with E-state index < -0.39 is 22.7 Å². The Morgan fingerprint density at radius 3 is 1.82 bits per heavy atom. The van der Waals surface area contributed by atoms with Gasteiger partial charge in [0.1, 0.15) is 11.5 Å². The van der Waals surface area contributed by atoms with Gasteiger partial charge in [0.2, 0.25) is 0 Å². The van der Waals surface area contributed by atoms with Crippen LogP contribution in [0.5, 0.6) is 11.5 Å². The van der Waals surface area contributed by atoms with E-state index in [1.54, 1.807) is 12.1 Å². The summed E-state index contributed by atoms with van der Waals surface area (Å²) in [4.78, 5) is 12.7. The maximum atomic E-state index is 12.7. The van der Waals surface area contributed by atoms with E-state index in [4.69, 9.17) is 0 Å². The van der Waals surface area contributed by atoms with Gasteiger partial charge >= 0.3 is 5.97 Å². The summed E-state index contributed by atoms with van der Waals surface area (Å²) in [6.07, 6.45) is 0.619. The van der Waals surface area contributed by atoms with Crippen molar-refractivity contribution in [2.45, 2.75) is 64.2 Å². The van der Waals surface area contributed by atoms with Crippen LogP contribution in [0.4, 0.5) is 0 Å². The lowest BCUT2D eigenvalue weighted by Gasteiger charge is -2.37. The van der Waals surface area contributed by atoms with Crippen molar-refractivity contribution in [2.75, 3.05) is 0 Å². The molecule has 0 bridgehead atoms. The number of benzene rings is 2. The minimum absolute atomic E-state index is 0.183. The number of aromatic hydroxyl groups is 2. The van der Waals surface area contributed by atoms with Crippen LogP contribution in [0.1, 0.15) is 67.5 Å². The molecule has 0 fully saturated rings. The number of carboxylic acid groups (broad SMARTS) is 1. The van der Waals surface area contributed by atoms with E-state index in [0.717, 1.165) is 33.4 Å². The average molecular weight is 380 g/mol. The summed E-state index contributed by atoms with van der Waals surface area (Å²) in [6.45, 7) is 11.9. The van der Waals surface area contributed by atoms with Crippen LogP contribution in [0.3, 0.4) is 0 Å². The molecule has 4 rings (SSSR count). The Hall–Kier alpha value is -2.49. The maximum absolute atomic E-state index is 12.7. The molecule has 0 aliphatic heterocycles. The average Bonchev–Trinajstić information content (AvgIpc) is 2.88. The zero-order valence-corrected chi connectivity index (χ0v) is 17.3. The quantitative estimate of drug-likeness (QED) is 0.672. The SMILES string of the molecule is Cc1cc2c(cc1O)C1(CC2(C)C)c2cc(O)c(C)cc2C(C)(C)C1C(=O)O. The zero-order chi connectivity index (χ0) is 20.8. The lowest BCUT2D eigenvalue weighted by molar-refractivity contribution is -0.146. The van der Waals surface area contributed by atoms with Crippen molar-refractivity contribution in [3.8, 4) is 11.5 Å². The van der Waals surface area contributed by atoms with Crippen molar-refractivity contribution in [1.82, 2.24) is 0 Å². The molecule has 0 aromatic heterocycles. The number of fused-ring (bicyclic) bond motifs is 4. The van der Waals surface area contributed by atoms with Crippen molar-refractivity contribution in [3.05, 3.63) is 57.6 Å². The first-order valence-corrected chi connectivity index (χ1v) is 9.76. The van der Waals surface area contributed by atoms with Crippen LogP contribution in [-0.4, -0.2) is 21.3 Å². The van der Waals surface area contributed by atoms with E-state index >= 15 is 0 Å². The molecule has 0 saturated carbocycles. The second-order valence-electron chi connectivity index (χ2n) is 9.89. The zero-order valence-electron chi connectivity index (χ0n) is 17.3. The molecule has 2 aromatic carbocycles. The molecule has 4 heteroatoms. The second-order valence-corrected chi connectivity index (χ2v) is 9.89. The minimum atomic E-state index is -0.845. The molecule has 0 amide bonds. The summed E-state index contributed by atoms with van der Waals surface area (Å²) in [5, 5.41) is 31.4. The number of carbonyl (C=O) groups is 1. The monoisotopic (exact) mass is 380 g/mol. The van der Waals surface area contributed by atoms with Crippen LogP contribution in [0.25, 0.3) is 0 Å². The van der Waals surface area contributed by atoms with Gasteiger partial charge in [0.25, 0.3) is 0 Å². The largest absolute Gasteiger partial charge is 0.508 e. The fourth-order valence-corrected chi connectivity index (χ4v) is 6.06. The summed E-state index contributed by atoms with van der Waals surface area (Å²) in [5.74, 6) is -1.18. The lowest BCUT2D eigenvalue weighted by atomic mass is 9.64. The van der Waals surface area contributed by atoms with Gasteiger partial charge in [-0.05, 0) is 71.2 Å². The predicted molar refractivity (Wildman–Crippen MR) is 108 cm³/mol. The van der Waals surface area contributed by atoms with Crippen LogP contribution in [-0.2, 0) is 21.0 Å². The van der Waals surface area contributed by atoms with E-state index in [1.165, 1.54) is 0 Å². The van der Waals surface area contributed by atoms with Crippen LogP contribution < -0.4 is 0 Å². The number of hydrogen-bond donors (Lipinski definition) is 3. The van der Waals surface area contributed by atoms with E-state index in [0.29, 0.717) is 6.42 Å². The highest BCUT2D eigenvalue weighted by molar-refractivity contribution is 5.81. The number of hydrogen-bond acceptors (Lipinski definition) is 3. The number of phenolic OH excluding ortho intramolecular Hbond substituents is 2. The summed E-state index contributed by atoms with van der Waals surface area (Å²) in [6, 6.07) is 7.46. The maximum Gasteiger partial charge on any atom is 0.308 e. The van der Waals surface area contributed by atoms with Gasteiger partial charge in [0, 0.05) is 10.8 Å². The molecule has 2 aliphatic carbocycles. The van der Waals surface area contributed by atoms with E-state index in [2.05, 4.69) is 13.8 Å². The Morgan fingerprint density at radius 1 is 0.857 bits per heavy atom. The van der Waals surface area contributed by atoms with Gasteiger partial charge in [0.15, 0.2) is 0 Å². The first-order chi connectivity index (χ1) is 12.8. The third kappa shape index (κ3) is 2.09. The molecule has 0 heterocycles. The highest BCUT2D eigenvalue weighted by Crippen LogP contribution is 2.66. The van der Waals surface area contributed by atoms with Crippen molar-refractivity contribution >= 4 is 5.97 Å². The fourth-order valence-electron chi connectivity index (χ4n) is 6.06. The molecule has 3 N–H and O–H groups in total. The molecule has 2 atom stereocenters. The van der Waals surface area contributed by atoms with Crippen molar-refractivity contribution < 1.29 is 20.1 Å². The van der Waals surface area contributed by atoms with Crippen LogP contribution in [0.15, 0.2) is 24.3 Å². The Bertz CT molecular complexity index is 1020. The van der Waals surface area contributed by atoms with Gasteiger partial charge in [0.05, 0.1) is 5.92 Å². The molecular formula is C24H28O4. The van der Waals surface area contributed by atoms with Crippen molar-refractivity contribution in [2.24, 2.45) is 5.92 Å². The smallest absolute Gasteiger partial charge is 0.308 e. The number of rotatable bonds is 1. The Kier molecular flexibility index (Phi) is 3.58. The van der Waals surface area contributed by atoms with Gasteiger partial charge in [-0.2, -0.15) is 0 Å². The molecule has 0 radical (unpaired) electrons. The fraction of sp³-hybridized carbons (Fsp3) is 0.458. The first-order valence-electron chi connectivity index (χ1n) is 9.76. The van der Waals surface area contributed by atoms with Crippen molar-refractivity contribution in [1.29, 1.82) is 0 Å². The Balaban J connectivity index is 2.17. The second kappa shape index (κ2) is 5.31. The lowest BCUT2D eigenvalue weighted by Crippen LogP contribution is -2.43. The Labute approximate surface area is 165 Å². The third-order valence-corrected chi connectivity index (χ3v) is 7.24. The Morgan fingerprint density at radius 2 is 1.32 bits per heavy atom. The molecule has 2 aliphatic rings. The molecule has 4 nitrogen and oxygen atoms in total. The number of phenols is 2. The van der Waals surface area contributed by atoms with Crippen LogP contribution in [0.2, 0.25) is 0 Å². The highest BCUT2D eigenvalue weighted by Gasteiger charge is 2.65. The first kappa shape index (κ1) is 18.9. The molecule has 148 valence electrons. The van der Waals surface area contributed by atoms with Gasteiger partial charge < -0.3 is 15.3 Å². The third-order valence-electron chi connectivity index (χ3n) is 7.24. The van der Waals surface area contributed by atoms with Crippen LogP contribution >= 0.6 is 0 Å². The summed E-state index contributed by atoms with van der Waals surface area (Å²) in [7, 11) is 0. The predicted octanol–water partition coefficient (Wildman–Crippen LogP) is 4.67. The van der Waals surface area contributed by atoms with Gasteiger partial charge in [-0.3, -0.25) is 4.79 Å². The normalized spacial score (nSPS) is 26.3. The topological polar surface area (TPSA) is 77.8 Å². The van der Waals surface area contributed by atoms with Crippen molar-refractivity contribution in [3.63, 3.8) is 0 Å². The highest BCUT2D eigenvalue weighted by atomic mass is 16.4. The van der Waals surface area contributed by atoms with Gasteiger partial charge in [-0.1, -0.05) is 39.8 Å². The standard InChI is InChI=1S/C24H28O4/c1-12-7-14-16(9-18(12)25)24(11-22(14,3)4)17-10-19(26)13(2)8-15(17)23(5,6)20(24)21(27)28/h7-10,20,25-26H,11H2,1-6H3,(H,27,28). The molecular weight excluding hydrogens is 352 g/mol. The summed E-state index contributed by atoms with van der Waals surface area (Å²) in [5.41, 5.74) is 3.69. The minimum Gasteiger partial charge on any atom is -0.508 e. The number of aliphatic carboxylic acids is 1. The molecule has 28 heavy (non-hydrogen) atoms. The summed E-state index contributed by atoms with van der Waals surface area (Å²) < 4.78 is 0.